The van der Waals surface area contributed by atoms with Gasteiger partial charge in [-0.15, -0.1) is 0 Å². The zero-order chi connectivity index (χ0) is 10.1. The fraction of sp³-hybridized carbons (Fsp3) is 0.182. The average Bonchev–Trinajstić information content (AvgIpc) is 2.18. The summed E-state index contributed by atoms with van der Waals surface area (Å²) in [5.41, 5.74) is 9.53. The van der Waals surface area contributed by atoms with Gasteiger partial charge in [-0.05, 0) is 19.1 Å². The highest BCUT2D eigenvalue weighted by Crippen LogP contribution is 2.25. The van der Waals surface area contributed by atoms with Crippen molar-refractivity contribution in [3.05, 3.63) is 35.9 Å². The van der Waals surface area contributed by atoms with E-state index in [9.17, 15) is 0 Å². The van der Waals surface area contributed by atoms with Crippen LogP contribution >= 0.6 is 0 Å². The number of hydrazone groups is 1. The molecule has 1 aliphatic rings. The Kier molecular flexibility index (Phi) is 2.00. The highest BCUT2D eigenvalue weighted by atomic mass is 15.5. The minimum absolute atomic E-state index is 0.757. The molecule has 1 aromatic rings. The lowest BCUT2D eigenvalue weighted by atomic mass is 10.0. The van der Waals surface area contributed by atoms with Gasteiger partial charge in [0.15, 0.2) is 0 Å². The van der Waals surface area contributed by atoms with Crippen LogP contribution in [0.3, 0.4) is 0 Å². The molecule has 0 amide bonds. The van der Waals surface area contributed by atoms with E-state index < -0.39 is 0 Å². The Hall–Kier alpha value is -1.77. The summed E-state index contributed by atoms with van der Waals surface area (Å²) in [4.78, 5) is 0. The van der Waals surface area contributed by atoms with Crippen molar-refractivity contribution in [2.24, 2.45) is 5.10 Å². The summed E-state index contributed by atoms with van der Waals surface area (Å²) in [7, 11) is 0. The van der Waals surface area contributed by atoms with Crippen molar-refractivity contribution in [1.29, 1.82) is 0 Å². The average molecular weight is 187 g/mol. The van der Waals surface area contributed by atoms with E-state index in [0.717, 1.165) is 29.1 Å². The van der Waals surface area contributed by atoms with Crippen LogP contribution in [0, 0.1) is 0 Å². The number of nitrogens with two attached hydrogens (primary N) is 1. The molecule has 2 rings (SSSR count). The second kappa shape index (κ2) is 3.18. The van der Waals surface area contributed by atoms with Gasteiger partial charge in [-0.1, -0.05) is 12.6 Å². The molecule has 0 saturated carbocycles. The third kappa shape index (κ3) is 1.27. The Labute approximate surface area is 83.5 Å². The van der Waals surface area contributed by atoms with Crippen molar-refractivity contribution in [3.63, 3.8) is 0 Å². The molecule has 2 N–H and O–H groups in total. The number of hydrogen-bond acceptors (Lipinski definition) is 3. The van der Waals surface area contributed by atoms with Crippen LogP contribution in [-0.4, -0.2) is 17.8 Å². The number of benzene rings is 1. The number of nitrogens with zero attached hydrogens (tertiary/aromatic N) is 2. The van der Waals surface area contributed by atoms with Gasteiger partial charge in [-0.2, -0.15) is 5.10 Å². The number of anilines is 1. The zero-order valence-electron chi connectivity index (χ0n) is 8.20. The lowest BCUT2D eigenvalue weighted by molar-refractivity contribution is 0.446. The van der Waals surface area contributed by atoms with Gasteiger partial charge in [0, 0.05) is 23.4 Å². The maximum absolute atomic E-state index is 5.69. The summed E-state index contributed by atoms with van der Waals surface area (Å²) < 4.78 is 0. The Morgan fingerprint density at radius 3 is 3.00 bits per heavy atom. The first-order valence-electron chi connectivity index (χ1n) is 4.62. The van der Waals surface area contributed by atoms with E-state index >= 15 is 0 Å². The summed E-state index contributed by atoms with van der Waals surface area (Å²) in [5, 5.41) is 6.14. The number of hydrogen-bond donors (Lipinski definition) is 1. The maximum atomic E-state index is 5.69. The van der Waals surface area contributed by atoms with Crippen LogP contribution in [-0.2, 0) is 0 Å². The van der Waals surface area contributed by atoms with Gasteiger partial charge in [0.2, 0.25) is 0 Å². The molecule has 3 nitrogen and oxygen atoms in total. The molecule has 72 valence electrons. The second-order valence-corrected chi connectivity index (χ2v) is 3.25. The molecule has 14 heavy (non-hydrogen) atoms. The summed E-state index contributed by atoms with van der Waals surface area (Å²) in [5.74, 6) is 0. The Balaban J connectivity index is 2.50. The molecule has 0 aromatic heterocycles. The molecule has 1 aliphatic heterocycles. The molecule has 0 fully saturated rings. The first kappa shape index (κ1) is 8.81. The van der Waals surface area contributed by atoms with Crippen molar-refractivity contribution in [1.82, 2.24) is 5.01 Å². The number of nitrogen functional groups attached to an aromatic ring is 1. The summed E-state index contributed by atoms with van der Waals surface area (Å²) in [6.07, 6.45) is 1.82. The second-order valence-electron chi connectivity index (χ2n) is 3.25. The van der Waals surface area contributed by atoms with Crippen LogP contribution in [0.1, 0.15) is 18.1 Å². The van der Waals surface area contributed by atoms with Crippen LogP contribution in [0.5, 0.6) is 0 Å². The van der Waals surface area contributed by atoms with E-state index in [1.54, 1.807) is 0 Å². The van der Waals surface area contributed by atoms with Crippen LogP contribution in [0.25, 0.3) is 5.70 Å². The molecule has 1 heterocycles. The van der Waals surface area contributed by atoms with Crippen LogP contribution in [0.15, 0.2) is 29.9 Å². The largest absolute Gasteiger partial charge is 0.399 e. The SMILES string of the molecule is C=C1c2ccc(N)cc2C=NN1CC. The first-order valence-corrected chi connectivity index (χ1v) is 4.62. The normalized spacial score (nSPS) is 14.4. The van der Waals surface area contributed by atoms with Gasteiger partial charge in [0.25, 0.3) is 0 Å². The van der Waals surface area contributed by atoms with Gasteiger partial charge in [0.05, 0.1) is 11.9 Å². The molecule has 0 atom stereocenters. The molecule has 1 aromatic carbocycles. The van der Waals surface area contributed by atoms with E-state index in [4.69, 9.17) is 5.73 Å². The molecule has 0 radical (unpaired) electrons. The predicted molar refractivity (Wildman–Crippen MR) is 59.9 cm³/mol. The van der Waals surface area contributed by atoms with Gasteiger partial charge >= 0.3 is 0 Å². The smallest absolute Gasteiger partial charge is 0.0600 e. The molecule has 0 saturated heterocycles. The molecule has 0 bridgehead atoms. The molecule has 3 heteroatoms. The lowest BCUT2D eigenvalue weighted by Crippen LogP contribution is -2.19. The van der Waals surface area contributed by atoms with Gasteiger partial charge < -0.3 is 5.73 Å². The van der Waals surface area contributed by atoms with E-state index in [0.29, 0.717) is 0 Å². The Morgan fingerprint density at radius 1 is 1.50 bits per heavy atom. The van der Waals surface area contributed by atoms with Crippen molar-refractivity contribution >= 4 is 17.6 Å². The molecular weight excluding hydrogens is 174 g/mol. The van der Waals surface area contributed by atoms with Crippen LogP contribution in [0.4, 0.5) is 5.69 Å². The Morgan fingerprint density at radius 2 is 2.29 bits per heavy atom. The maximum Gasteiger partial charge on any atom is 0.0600 e. The fourth-order valence-electron chi connectivity index (χ4n) is 1.56. The van der Waals surface area contributed by atoms with Crippen molar-refractivity contribution in [2.45, 2.75) is 6.92 Å². The Bertz CT molecular complexity index is 407. The molecule has 0 spiro atoms. The third-order valence-electron chi connectivity index (χ3n) is 2.33. The van der Waals surface area contributed by atoms with E-state index in [1.807, 2.05) is 36.3 Å². The van der Waals surface area contributed by atoms with Crippen LogP contribution in [0.2, 0.25) is 0 Å². The molecule has 0 unspecified atom stereocenters. The summed E-state index contributed by atoms with van der Waals surface area (Å²) >= 11 is 0. The third-order valence-corrected chi connectivity index (χ3v) is 2.33. The fourth-order valence-corrected chi connectivity index (χ4v) is 1.56. The quantitative estimate of drug-likeness (QED) is 0.682. The number of fused-ring (bicyclic) bond motifs is 1. The minimum Gasteiger partial charge on any atom is -0.399 e. The molecule has 0 aliphatic carbocycles. The first-order chi connectivity index (χ1) is 6.72. The predicted octanol–water partition coefficient (Wildman–Crippen LogP) is 1.91. The monoisotopic (exact) mass is 187 g/mol. The van der Waals surface area contributed by atoms with E-state index in [1.165, 1.54) is 0 Å². The topological polar surface area (TPSA) is 41.6 Å². The highest BCUT2D eigenvalue weighted by molar-refractivity contribution is 5.91. The van der Waals surface area contributed by atoms with E-state index in [-0.39, 0.29) is 0 Å². The zero-order valence-corrected chi connectivity index (χ0v) is 8.20. The summed E-state index contributed by atoms with van der Waals surface area (Å²) in [6.45, 7) is 6.89. The lowest BCUT2D eigenvalue weighted by Gasteiger charge is -2.24. The van der Waals surface area contributed by atoms with E-state index in [2.05, 4.69) is 11.7 Å². The van der Waals surface area contributed by atoms with Crippen molar-refractivity contribution in [2.75, 3.05) is 12.3 Å². The number of rotatable bonds is 1. The van der Waals surface area contributed by atoms with Gasteiger partial charge in [0.1, 0.15) is 0 Å². The standard InChI is InChI=1S/C11H13N3/c1-3-14-8(2)11-5-4-10(12)6-9(11)7-13-14/h4-7H,2-3,12H2,1H3. The minimum atomic E-state index is 0.757. The summed E-state index contributed by atoms with van der Waals surface area (Å²) in [6, 6.07) is 5.79. The molecular formula is C11H13N3. The van der Waals surface area contributed by atoms with Crippen molar-refractivity contribution < 1.29 is 0 Å². The van der Waals surface area contributed by atoms with Crippen LogP contribution < -0.4 is 5.73 Å². The highest BCUT2D eigenvalue weighted by Gasteiger charge is 2.14. The van der Waals surface area contributed by atoms with Gasteiger partial charge in [-0.25, -0.2) is 0 Å². The van der Waals surface area contributed by atoms with Crippen molar-refractivity contribution in [3.8, 4) is 0 Å². The van der Waals surface area contributed by atoms with Gasteiger partial charge in [-0.3, -0.25) is 5.01 Å².